The Bertz CT molecular complexity index is 1210. The van der Waals surface area contributed by atoms with Gasteiger partial charge in [-0.25, -0.2) is 18.6 Å². The molecule has 11 heteroatoms. The zero-order valence-electron chi connectivity index (χ0n) is 16.6. The van der Waals surface area contributed by atoms with Gasteiger partial charge in [0.2, 0.25) is 10.0 Å². The molecule has 3 aromatic rings. The van der Waals surface area contributed by atoms with Gasteiger partial charge in [-0.3, -0.25) is 9.59 Å². The average Bonchev–Trinajstić information content (AvgIpc) is 3.25. The van der Waals surface area contributed by atoms with Gasteiger partial charge in [-0.2, -0.15) is 5.10 Å². The van der Waals surface area contributed by atoms with Crippen molar-refractivity contribution in [2.75, 3.05) is 0 Å². The van der Waals surface area contributed by atoms with Crippen molar-refractivity contribution in [2.24, 2.45) is 5.10 Å². The maximum atomic E-state index is 12.3. The second-order valence-corrected chi connectivity index (χ2v) is 9.13. The Balaban J connectivity index is 1.46. The Morgan fingerprint density at radius 2 is 1.66 bits per heavy atom. The first kappa shape index (κ1) is 23.4. The molecular formula is C21H19BrN4O5S. The van der Waals surface area contributed by atoms with Crippen LogP contribution in [-0.4, -0.2) is 26.4 Å². The highest BCUT2D eigenvalue weighted by Gasteiger charge is 2.15. The molecule has 0 fully saturated rings. The predicted molar refractivity (Wildman–Crippen MR) is 121 cm³/mol. The number of nitrogens with one attached hydrogen (secondary N) is 3. The van der Waals surface area contributed by atoms with Crippen LogP contribution in [0, 0.1) is 0 Å². The largest absolute Gasteiger partial charge is 0.459 e. The zero-order chi connectivity index (χ0) is 23.0. The van der Waals surface area contributed by atoms with Crippen LogP contribution < -0.4 is 15.5 Å². The van der Waals surface area contributed by atoms with Gasteiger partial charge in [-0.05, 0) is 42.0 Å². The minimum Gasteiger partial charge on any atom is -0.459 e. The molecule has 0 spiro atoms. The number of amides is 2. The summed E-state index contributed by atoms with van der Waals surface area (Å²) < 4.78 is 33.3. The number of carbonyl (C=O) groups is 2. The topological polar surface area (TPSA) is 130 Å². The van der Waals surface area contributed by atoms with Crippen molar-refractivity contribution in [1.82, 2.24) is 15.5 Å². The Morgan fingerprint density at radius 1 is 0.938 bits per heavy atom. The monoisotopic (exact) mass is 518 g/mol. The Labute approximate surface area is 193 Å². The summed E-state index contributed by atoms with van der Waals surface area (Å²) in [5.74, 6) is -1.13. The molecule has 0 aliphatic rings. The second kappa shape index (κ2) is 10.8. The van der Waals surface area contributed by atoms with Crippen molar-refractivity contribution < 1.29 is 22.4 Å². The van der Waals surface area contributed by atoms with Crippen molar-refractivity contribution >= 4 is 44.0 Å². The van der Waals surface area contributed by atoms with Gasteiger partial charge >= 0.3 is 11.8 Å². The number of hydrazone groups is 1. The van der Waals surface area contributed by atoms with E-state index in [4.69, 9.17) is 4.42 Å². The molecule has 1 aromatic heterocycles. The van der Waals surface area contributed by atoms with Gasteiger partial charge in [0.1, 0.15) is 11.5 Å². The number of nitrogens with zero attached hydrogens (tertiary/aromatic N) is 1. The molecule has 2 amide bonds. The molecule has 0 unspecified atom stereocenters. The molecule has 2 aromatic carbocycles. The van der Waals surface area contributed by atoms with Crippen LogP contribution in [0.1, 0.15) is 17.1 Å². The molecular weight excluding hydrogens is 500 g/mol. The van der Waals surface area contributed by atoms with Crippen LogP contribution >= 0.6 is 15.9 Å². The quantitative estimate of drug-likeness (QED) is 0.239. The fraction of sp³-hybridized carbons (Fsp3) is 0.0952. The first-order valence-corrected chi connectivity index (χ1v) is 11.6. The van der Waals surface area contributed by atoms with Crippen molar-refractivity contribution in [1.29, 1.82) is 0 Å². The molecule has 0 aliphatic heterocycles. The van der Waals surface area contributed by atoms with Crippen LogP contribution in [0.25, 0.3) is 0 Å². The van der Waals surface area contributed by atoms with Gasteiger partial charge in [0.05, 0.1) is 17.7 Å². The van der Waals surface area contributed by atoms with Crippen LogP contribution in [-0.2, 0) is 32.7 Å². The highest BCUT2D eigenvalue weighted by atomic mass is 79.9. The lowest BCUT2D eigenvalue weighted by Crippen LogP contribution is -2.37. The van der Waals surface area contributed by atoms with Crippen molar-refractivity contribution in [2.45, 2.75) is 18.0 Å². The third kappa shape index (κ3) is 6.87. The standard InChI is InChI=1S/C21H19BrN4O5S/c22-16-6-10-19(11-7-16)32(29,30)25-14-18-9-8-17(31-18)13-24-26-21(28)20(27)23-12-15-4-2-1-3-5-15/h1-11,13,25H,12,14H2,(H,23,27)(H,26,28)/b24-13+. The number of furan rings is 1. The summed E-state index contributed by atoms with van der Waals surface area (Å²) in [5.41, 5.74) is 2.96. The minimum absolute atomic E-state index is 0.0690. The maximum absolute atomic E-state index is 12.3. The molecule has 1 heterocycles. The molecule has 0 bridgehead atoms. The lowest BCUT2D eigenvalue weighted by molar-refractivity contribution is -0.139. The smallest absolute Gasteiger partial charge is 0.329 e. The number of rotatable bonds is 8. The first-order chi connectivity index (χ1) is 15.3. The van der Waals surface area contributed by atoms with E-state index in [1.165, 1.54) is 18.3 Å². The van der Waals surface area contributed by atoms with Crippen LogP contribution in [0.15, 0.2) is 85.6 Å². The summed E-state index contributed by atoms with van der Waals surface area (Å²) >= 11 is 3.25. The van der Waals surface area contributed by atoms with E-state index < -0.39 is 21.8 Å². The summed E-state index contributed by atoms with van der Waals surface area (Å²) in [6.07, 6.45) is 1.20. The number of carbonyl (C=O) groups excluding carboxylic acids is 2. The van der Waals surface area contributed by atoms with Gasteiger partial charge < -0.3 is 9.73 Å². The van der Waals surface area contributed by atoms with Crippen molar-refractivity contribution in [3.8, 4) is 0 Å². The summed E-state index contributed by atoms with van der Waals surface area (Å²) in [4.78, 5) is 23.7. The fourth-order valence-corrected chi connectivity index (χ4v) is 3.74. The number of hydrogen-bond donors (Lipinski definition) is 3. The molecule has 0 atom stereocenters. The van der Waals surface area contributed by atoms with E-state index in [-0.39, 0.29) is 23.7 Å². The number of halogens is 1. The molecule has 9 nitrogen and oxygen atoms in total. The molecule has 0 saturated heterocycles. The van der Waals surface area contributed by atoms with Gasteiger partial charge in [-0.1, -0.05) is 46.3 Å². The average molecular weight is 519 g/mol. The molecule has 0 aliphatic carbocycles. The lowest BCUT2D eigenvalue weighted by atomic mass is 10.2. The van der Waals surface area contributed by atoms with Crippen LogP contribution in [0.5, 0.6) is 0 Å². The predicted octanol–water partition coefficient (Wildman–Crippen LogP) is 2.29. The number of benzene rings is 2. The SMILES string of the molecule is O=C(NCc1ccccc1)C(=O)N/N=C/c1ccc(CNS(=O)(=O)c2ccc(Br)cc2)o1. The zero-order valence-corrected chi connectivity index (χ0v) is 19.0. The summed E-state index contributed by atoms with van der Waals surface area (Å²) in [6, 6.07) is 18.5. The molecule has 0 radical (unpaired) electrons. The second-order valence-electron chi connectivity index (χ2n) is 6.45. The fourth-order valence-electron chi connectivity index (χ4n) is 2.49. The first-order valence-electron chi connectivity index (χ1n) is 9.32. The summed E-state index contributed by atoms with van der Waals surface area (Å²) in [5, 5.41) is 6.16. The summed E-state index contributed by atoms with van der Waals surface area (Å²) in [7, 11) is -3.70. The number of sulfonamides is 1. The van der Waals surface area contributed by atoms with E-state index in [2.05, 4.69) is 36.5 Å². The third-order valence-electron chi connectivity index (χ3n) is 4.10. The van der Waals surface area contributed by atoms with Crippen LogP contribution in [0.3, 0.4) is 0 Å². The molecule has 0 saturated carbocycles. The van der Waals surface area contributed by atoms with E-state index in [1.54, 1.807) is 24.3 Å². The van der Waals surface area contributed by atoms with E-state index in [9.17, 15) is 18.0 Å². The number of hydrogen-bond acceptors (Lipinski definition) is 6. The molecule has 3 N–H and O–H groups in total. The lowest BCUT2D eigenvalue weighted by Gasteiger charge is -2.05. The van der Waals surface area contributed by atoms with Crippen molar-refractivity contribution in [3.05, 3.63) is 88.3 Å². The Morgan fingerprint density at radius 3 is 2.38 bits per heavy atom. The van der Waals surface area contributed by atoms with E-state index in [1.807, 2.05) is 30.3 Å². The highest BCUT2D eigenvalue weighted by Crippen LogP contribution is 2.15. The van der Waals surface area contributed by atoms with Crippen LogP contribution in [0.2, 0.25) is 0 Å². The van der Waals surface area contributed by atoms with E-state index in [0.29, 0.717) is 5.76 Å². The van der Waals surface area contributed by atoms with Gasteiger partial charge in [0.25, 0.3) is 0 Å². The Kier molecular flexibility index (Phi) is 7.92. The van der Waals surface area contributed by atoms with Crippen molar-refractivity contribution in [3.63, 3.8) is 0 Å². The van der Waals surface area contributed by atoms with Crippen LogP contribution in [0.4, 0.5) is 0 Å². The third-order valence-corrected chi connectivity index (χ3v) is 6.05. The minimum atomic E-state index is -3.70. The molecule has 166 valence electrons. The summed E-state index contributed by atoms with van der Waals surface area (Å²) in [6.45, 7) is 0.148. The molecule has 3 rings (SSSR count). The molecule has 32 heavy (non-hydrogen) atoms. The highest BCUT2D eigenvalue weighted by molar-refractivity contribution is 9.10. The van der Waals surface area contributed by atoms with E-state index in [0.717, 1.165) is 10.0 Å². The van der Waals surface area contributed by atoms with Gasteiger partial charge in [0, 0.05) is 11.0 Å². The maximum Gasteiger partial charge on any atom is 0.329 e. The van der Waals surface area contributed by atoms with Gasteiger partial charge in [-0.15, -0.1) is 0 Å². The van der Waals surface area contributed by atoms with Gasteiger partial charge in [0.15, 0.2) is 0 Å². The Hall–Kier alpha value is -3.28. The normalized spacial score (nSPS) is 11.4. The van der Waals surface area contributed by atoms with E-state index >= 15 is 0 Å².